The summed E-state index contributed by atoms with van der Waals surface area (Å²) in [4.78, 5) is 27.6. The Morgan fingerprint density at radius 3 is 1.85 bits per heavy atom. The molecule has 1 aliphatic rings. The fourth-order valence-electron chi connectivity index (χ4n) is 6.02. The molecule has 0 saturated heterocycles. The van der Waals surface area contributed by atoms with E-state index in [0.29, 0.717) is 11.1 Å². The molecular weight excluding hydrogens is 591 g/mol. The Bertz CT molecular complexity index is 1330. The number of Topliss-reactive ketones (excluding diaryl/α,β-unsaturated/α-hetero) is 1. The van der Waals surface area contributed by atoms with Crippen molar-refractivity contribution < 1.29 is 9.59 Å². The molecule has 3 aromatic carbocycles. The average molecular weight is 635 g/mol. The molecule has 3 aromatic rings. The second kappa shape index (κ2) is 14.9. The third kappa shape index (κ3) is 7.19. The number of benzene rings is 3. The lowest BCUT2D eigenvalue weighted by molar-refractivity contribution is 0.0940. The molecule has 0 fully saturated rings. The van der Waals surface area contributed by atoms with Crippen LogP contribution in [0.2, 0.25) is 0 Å². The molecule has 0 radical (unpaired) electrons. The molecule has 4 nitrogen and oxygen atoms in total. The van der Waals surface area contributed by atoms with Crippen molar-refractivity contribution in [3.05, 3.63) is 111 Å². The third-order valence-corrected chi connectivity index (χ3v) is 14.0. The molecule has 1 amide bonds. The summed E-state index contributed by atoms with van der Waals surface area (Å²) in [7, 11) is -1.70. The van der Waals surface area contributed by atoms with Crippen LogP contribution in [0.3, 0.4) is 0 Å². The van der Waals surface area contributed by atoms with Gasteiger partial charge in [-0.25, -0.2) is 0 Å². The Morgan fingerprint density at radius 2 is 1.29 bits per heavy atom. The molecule has 4 rings (SSSR count). The van der Waals surface area contributed by atoms with Crippen molar-refractivity contribution in [3.8, 4) is 0 Å². The van der Waals surface area contributed by atoms with Crippen molar-refractivity contribution in [1.29, 1.82) is 0 Å². The van der Waals surface area contributed by atoms with Crippen LogP contribution in [0, 0.1) is 0 Å². The Morgan fingerprint density at radius 1 is 0.756 bits per heavy atom. The molecule has 2 N–H and O–H groups in total. The number of halogens is 1. The van der Waals surface area contributed by atoms with E-state index in [9.17, 15) is 9.59 Å². The molecule has 1 atom stereocenters. The van der Waals surface area contributed by atoms with E-state index in [-0.39, 0.29) is 17.3 Å². The fraction of sp³-hybridized carbons (Fsp3) is 0.371. The Labute approximate surface area is 254 Å². The molecule has 0 heterocycles. The maximum atomic E-state index is 14.5. The van der Waals surface area contributed by atoms with E-state index in [1.54, 1.807) is 12.1 Å². The van der Waals surface area contributed by atoms with E-state index in [2.05, 4.69) is 71.8 Å². The van der Waals surface area contributed by atoms with Gasteiger partial charge in [0.05, 0.1) is 29.8 Å². The summed E-state index contributed by atoms with van der Waals surface area (Å²) in [6, 6.07) is 25.6. The molecule has 216 valence electrons. The summed E-state index contributed by atoms with van der Waals surface area (Å²) in [6.45, 7) is 6.81. The summed E-state index contributed by atoms with van der Waals surface area (Å²) in [5.74, 6) is -0.141. The summed E-state index contributed by atoms with van der Waals surface area (Å²) < 4.78 is 1.03. The van der Waals surface area contributed by atoms with Crippen LogP contribution in [0.5, 0.6) is 0 Å². The summed E-state index contributed by atoms with van der Waals surface area (Å²) in [6.07, 6.45) is 10.4. The van der Waals surface area contributed by atoms with Crippen LogP contribution in [0.25, 0.3) is 5.70 Å². The molecule has 0 spiro atoms. The predicted octanol–water partition coefficient (Wildman–Crippen LogP) is 9.45. The molecule has 0 saturated carbocycles. The summed E-state index contributed by atoms with van der Waals surface area (Å²) in [5, 5.41) is 0. The number of unbranched alkanes of at least 4 members (excludes halogenated alkanes) is 3. The van der Waals surface area contributed by atoms with Crippen molar-refractivity contribution in [3.63, 3.8) is 0 Å². The van der Waals surface area contributed by atoms with Gasteiger partial charge in [-0.2, -0.15) is 0 Å². The van der Waals surface area contributed by atoms with Crippen molar-refractivity contribution >= 4 is 40.6 Å². The monoisotopic (exact) mass is 633 g/mol. The zero-order valence-corrected chi connectivity index (χ0v) is 27.1. The predicted molar refractivity (Wildman–Crippen MR) is 178 cm³/mol. The molecule has 0 aliphatic heterocycles. The zero-order valence-electron chi connectivity index (χ0n) is 24.6. The third-order valence-electron chi connectivity index (χ3n) is 8.17. The van der Waals surface area contributed by atoms with Crippen molar-refractivity contribution in [2.75, 3.05) is 18.5 Å². The van der Waals surface area contributed by atoms with Gasteiger partial charge in [0.2, 0.25) is 0 Å². The van der Waals surface area contributed by atoms with Crippen LogP contribution in [-0.2, 0) is 0 Å². The van der Waals surface area contributed by atoms with Gasteiger partial charge < -0.3 is 0 Å². The minimum atomic E-state index is -1.70. The van der Waals surface area contributed by atoms with Gasteiger partial charge in [0.1, 0.15) is 5.66 Å². The number of hydrogen-bond acceptors (Lipinski definition) is 3. The lowest BCUT2D eigenvalue weighted by Gasteiger charge is -2.37. The number of rotatable bonds is 15. The van der Waals surface area contributed by atoms with E-state index in [1.165, 1.54) is 24.0 Å². The van der Waals surface area contributed by atoms with Gasteiger partial charge in [-0.3, -0.25) is 20.4 Å². The van der Waals surface area contributed by atoms with Crippen LogP contribution in [0.1, 0.15) is 96.8 Å². The molecule has 6 heteroatoms. The Kier molecular flexibility index (Phi) is 11.4. The number of carbonyl (C=O) groups is 2. The molecule has 0 bridgehead atoms. The Balaban J connectivity index is 1.91. The minimum absolute atomic E-state index is 0.00345. The van der Waals surface area contributed by atoms with Crippen molar-refractivity contribution in [2.45, 2.75) is 65.0 Å². The SMILES string of the molecule is CCCC[P+](CCCC)(CCCC)[C@@H](C1=C(NNC(=O)c2ccccc2)c2ccccc2C1=O)c1ccc(Br)cc1. The highest BCUT2D eigenvalue weighted by Crippen LogP contribution is 2.74. The fourth-order valence-corrected chi connectivity index (χ4v) is 12.2. The second-order valence-corrected chi connectivity index (χ2v) is 16.2. The topological polar surface area (TPSA) is 58.2 Å². The smallest absolute Gasteiger partial charge is 0.269 e. The van der Waals surface area contributed by atoms with Crippen LogP contribution < -0.4 is 10.9 Å². The van der Waals surface area contributed by atoms with Crippen molar-refractivity contribution in [2.24, 2.45) is 0 Å². The van der Waals surface area contributed by atoms with E-state index in [4.69, 9.17) is 0 Å². The standard InChI is InChI=1S/C35H42BrN2O2P/c1-4-7-23-41(24-8-5-2,25-9-6-3)34(26-19-21-28(36)22-20-26)31-32(29-17-13-14-18-30(29)33(31)39)37-38-35(40)27-15-11-10-12-16-27/h10-22,34H,4-9,23-25H2,1-3H3,(H-,37,38,39,40)/p+1/t34-/m1/s1. The van der Waals surface area contributed by atoms with Gasteiger partial charge in [0.25, 0.3) is 5.91 Å². The maximum absolute atomic E-state index is 14.5. The van der Waals surface area contributed by atoms with Gasteiger partial charge in [0, 0.05) is 28.4 Å². The highest BCUT2D eigenvalue weighted by atomic mass is 79.9. The van der Waals surface area contributed by atoms with Crippen LogP contribution in [0.4, 0.5) is 0 Å². The van der Waals surface area contributed by atoms with Gasteiger partial charge in [-0.1, -0.05) is 111 Å². The first kappa shape index (κ1) is 31.2. The van der Waals surface area contributed by atoms with E-state index >= 15 is 0 Å². The normalized spacial score (nSPS) is 13.7. The lowest BCUT2D eigenvalue weighted by atomic mass is 10.0. The van der Waals surface area contributed by atoms with Gasteiger partial charge in [0.15, 0.2) is 5.78 Å². The van der Waals surface area contributed by atoms with E-state index < -0.39 is 7.26 Å². The first-order chi connectivity index (χ1) is 20.0. The van der Waals surface area contributed by atoms with Crippen molar-refractivity contribution in [1.82, 2.24) is 10.9 Å². The van der Waals surface area contributed by atoms with Crippen LogP contribution in [0.15, 0.2) is 88.9 Å². The number of amides is 1. The lowest BCUT2D eigenvalue weighted by Crippen LogP contribution is -2.37. The van der Waals surface area contributed by atoms with E-state index in [1.807, 2.05) is 42.5 Å². The zero-order chi connectivity index (χ0) is 29.2. The largest absolute Gasteiger partial charge is 0.297 e. The number of hydrogen-bond donors (Lipinski definition) is 2. The van der Waals surface area contributed by atoms with E-state index in [0.717, 1.165) is 59.8 Å². The molecule has 41 heavy (non-hydrogen) atoms. The highest BCUT2D eigenvalue weighted by molar-refractivity contribution is 9.10. The number of hydrazine groups is 1. The van der Waals surface area contributed by atoms with Gasteiger partial charge >= 0.3 is 0 Å². The minimum Gasteiger partial charge on any atom is -0.297 e. The first-order valence-electron chi connectivity index (χ1n) is 15.1. The number of allylic oxidation sites excluding steroid dienone is 1. The Hall–Kier alpha value is -2.75. The molecule has 0 aromatic heterocycles. The maximum Gasteiger partial charge on any atom is 0.269 e. The quantitative estimate of drug-likeness (QED) is 0.129. The highest BCUT2D eigenvalue weighted by Gasteiger charge is 2.51. The van der Waals surface area contributed by atoms with Crippen LogP contribution >= 0.6 is 23.2 Å². The summed E-state index contributed by atoms with van der Waals surface area (Å²) in [5.41, 5.74) is 11.1. The summed E-state index contributed by atoms with van der Waals surface area (Å²) >= 11 is 3.63. The van der Waals surface area contributed by atoms with Gasteiger partial charge in [-0.05, 0) is 49.1 Å². The second-order valence-electron chi connectivity index (χ2n) is 11.0. The number of ketones is 1. The average Bonchev–Trinajstić information content (AvgIpc) is 3.28. The van der Waals surface area contributed by atoms with Crippen LogP contribution in [-0.4, -0.2) is 30.2 Å². The first-order valence-corrected chi connectivity index (χ1v) is 18.3. The molecular formula is C35H43BrN2O2P+. The molecule has 1 aliphatic carbocycles. The number of nitrogens with one attached hydrogen (secondary N) is 2. The molecule has 0 unspecified atom stereocenters. The number of fused-ring (bicyclic) bond motifs is 1. The number of carbonyl (C=O) groups excluding carboxylic acids is 2. The van der Waals surface area contributed by atoms with Gasteiger partial charge in [-0.15, -0.1) is 0 Å².